The van der Waals surface area contributed by atoms with Crippen LogP contribution in [0.4, 0.5) is 30.4 Å². The number of nitrogen functional groups attached to an aromatic ring is 2. The number of phenols is 1. The van der Waals surface area contributed by atoms with Gasteiger partial charge in [0.2, 0.25) is 5.82 Å². The number of hydrogen-bond acceptors (Lipinski definition) is 23. The molecule has 10 aromatic rings. The Morgan fingerprint density at radius 3 is 1.24 bits per heavy atom. The molecule has 0 radical (unpaired) electrons. The van der Waals surface area contributed by atoms with Crippen LogP contribution in [0.25, 0.3) is 0 Å². The van der Waals surface area contributed by atoms with Crippen molar-refractivity contribution in [1.29, 1.82) is 0 Å². The quantitative estimate of drug-likeness (QED) is 0.00803. The van der Waals surface area contributed by atoms with Crippen molar-refractivity contribution in [2.45, 2.75) is 163 Å². The number of rotatable bonds is 16. The minimum Gasteiger partial charge on any atom is -0.870 e. The predicted molar refractivity (Wildman–Crippen MR) is 547 cm³/mol. The number of carboxylic acid groups (broad SMARTS) is 1. The number of alkyl halides is 1. The number of ether oxygens (including phenoxy) is 8. The van der Waals surface area contributed by atoms with E-state index >= 15 is 0 Å². The molecule has 0 saturated carbocycles. The Kier molecular flexibility index (Phi) is 44.0. The number of carbonyl (C=O) groups is 6. The van der Waals surface area contributed by atoms with Crippen LogP contribution < -0.4 is 59.5 Å². The summed E-state index contributed by atoms with van der Waals surface area (Å²) in [4.78, 5) is 82.9. The molecule has 0 bridgehead atoms. The summed E-state index contributed by atoms with van der Waals surface area (Å²) in [6.07, 6.45) is 1.58. The summed E-state index contributed by atoms with van der Waals surface area (Å²) in [5.74, 6) is 0.229. The van der Waals surface area contributed by atoms with Gasteiger partial charge in [-0.05, 0) is 248 Å². The molecule has 15 rings (SSSR count). The van der Waals surface area contributed by atoms with Crippen molar-refractivity contribution in [3.05, 3.63) is 316 Å². The SMILES string of the molecule is C=C(C)CBr.C=C(C)COc1cc(C(=O)OC)ccc1Br.CC1(C)COc2cc(C(=O)O)ccc21.COC(=O)c1ccc(Br)c(O)c1.COC(=O)c1ccc2c(c1)OCC2(C)C.Cc1c(Br)cc(F)cc1CC(=O)c1ccc2c(c1)OCC2(C)C.Cc1c(CC(=O)c2ccc3c(c2)OCC3(C)C)cc(F)cc1B1OC(C)(C)C(C)(C)O1.Cc1c(N)cc(F)cc1Br.Nc1nccc(Cl)c1[N+](=O)[O-].[Li+].[OH-]. The largest absolute Gasteiger partial charge is 1.00 e. The number of aromatic nitrogens is 1. The second-order valence-corrected chi connectivity index (χ2v) is 40.5. The van der Waals surface area contributed by atoms with Gasteiger partial charge in [-0.2, -0.15) is 0 Å². The topological polar surface area (TPSA) is 373 Å². The molecular weight excluding hydrogens is 2140 g/mol. The molecule has 1 fully saturated rings. The Labute approximate surface area is 868 Å². The molecule has 7 N–H and O–H groups in total. The summed E-state index contributed by atoms with van der Waals surface area (Å²) in [6, 6.07) is 41.0. The first-order chi connectivity index (χ1) is 63.8. The summed E-state index contributed by atoms with van der Waals surface area (Å²) in [6.45, 7) is 44.5. The van der Waals surface area contributed by atoms with Crippen LogP contribution in [0.2, 0.25) is 5.02 Å². The Hall–Kier alpha value is -10.3. The number of phenolic OH excluding ortho intramolecular Hbond substituents is 1. The Morgan fingerprint density at radius 1 is 0.511 bits per heavy atom. The van der Waals surface area contributed by atoms with Crippen LogP contribution in [0.3, 0.4) is 0 Å². The fourth-order valence-corrected chi connectivity index (χ4v) is 15.3. The fraction of sp³-hybridized carbons (Fsp3) is 0.330. The van der Waals surface area contributed by atoms with Gasteiger partial charge >= 0.3 is 55.5 Å². The molecule has 36 heteroatoms. The van der Waals surface area contributed by atoms with E-state index in [2.05, 4.69) is 167 Å². The zero-order valence-electron chi connectivity index (χ0n) is 81.3. The number of Topliss-reactive ketones (excluding diaryl/α,β-unsaturated/α-hetero) is 2. The number of hydrogen-bond donors (Lipinski definition) is 4. The van der Waals surface area contributed by atoms with Gasteiger partial charge < -0.3 is 74.4 Å². The monoisotopic (exact) mass is 2250 g/mol. The number of carboxylic acids is 1. The molecule has 0 amide bonds. The van der Waals surface area contributed by atoms with Crippen molar-refractivity contribution in [3.63, 3.8) is 0 Å². The Bertz CT molecular complexity index is 6140. The van der Waals surface area contributed by atoms with Gasteiger partial charge in [-0.3, -0.25) is 19.7 Å². The minimum absolute atomic E-state index is 0. The zero-order chi connectivity index (χ0) is 103. The predicted octanol–water partition coefficient (Wildman–Crippen LogP) is 21.3. The summed E-state index contributed by atoms with van der Waals surface area (Å²) >= 11 is 21.6. The Morgan fingerprint density at radius 2 is 0.863 bits per heavy atom. The number of fused-ring (bicyclic) bond motifs is 4. The normalized spacial score (nSPS) is 14.3. The molecule has 5 aliphatic heterocycles. The van der Waals surface area contributed by atoms with Gasteiger partial charge in [0, 0.05) is 94.0 Å². The third-order valence-electron chi connectivity index (χ3n) is 22.5. The van der Waals surface area contributed by atoms with E-state index in [4.69, 9.17) is 61.2 Å². The molecule has 0 spiro atoms. The molecule has 0 aliphatic carbocycles. The van der Waals surface area contributed by atoms with Gasteiger partial charge in [0.15, 0.2) is 11.6 Å². The number of benzene rings is 9. The number of methoxy groups -OCH3 is 3. The number of halogens is 9. The van der Waals surface area contributed by atoms with E-state index in [-0.39, 0.29) is 122 Å². The van der Waals surface area contributed by atoms with Gasteiger partial charge in [0.25, 0.3) is 0 Å². The van der Waals surface area contributed by atoms with Crippen molar-refractivity contribution >= 4 is 156 Å². The smallest absolute Gasteiger partial charge is 0.870 e. The first-order valence-corrected chi connectivity index (χ1v) is 47.2. The number of anilines is 2. The second kappa shape index (κ2) is 51.4. The molecular formula is C103H113BBr5ClF3LiN4O21. The maximum atomic E-state index is 14.5. The summed E-state index contributed by atoms with van der Waals surface area (Å²) in [7, 11) is 3.34. The molecule has 738 valence electrons. The molecule has 6 heterocycles. The standard InChI is InChI=1S/C25H30BFO4.C19H18BrFO2.C12H13BrO3.C12H14O3.C11H12O3.C8H7BrO3.C7H7BrFN.C5H4ClN3O2.C4H7Br.Li.H2O/c1-15-17(10-18(27)13-20(15)26-30-24(4,5)25(6,7)31-26)11-21(28)16-8-9-19-22(12-16)29-14-23(19,2)3;1-11-13(6-14(21)9-16(11)20)7-17(22)12-4-5-15-18(8-12)23-10-19(15,2)3;1-8(2)7-16-11-6-9(12(14)15-3)4-5-10(11)13;1-12(2)7-15-10-6-8(11(13)14-3)4-5-9(10)12;1-11(2)6-14-9-5-7(10(12)13)3-4-8(9)11;1-12-8(11)5-2-3-6(9)7(10)4-5;1-4-6(8)2-5(9)3-7(4)10;6-3-1-2-8-5(7)4(3)9(10)11;1-4(2)3-5;;/h8-10,12-13H,11,14H2,1-7H3;4-6,8-9H,7,10H2,1-3H3;4-6H,1,7H2,2-3H3;4-6H,7H2,1-3H3;3-5H,6H2,1-2H3,(H,12,13);2-4,10H,1H3;2-3H,10H2,1H3;1-2H,(H2,7,8);1,3H2,2H3;;1H2/q;;;;;;;;;+1;/p-1. The molecule has 139 heavy (non-hydrogen) atoms. The fourth-order valence-electron chi connectivity index (χ4n) is 13.6. The van der Waals surface area contributed by atoms with Crippen molar-refractivity contribution < 1.29 is 129 Å². The molecule has 1 aromatic heterocycles. The first-order valence-electron chi connectivity index (χ1n) is 42.6. The molecule has 0 unspecified atom stereocenters. The molecule has 5 aliphatic rings. The van der Waals surface area contributed by atoms with Crippen molar-refractivity contribution in [2.75, 3.05) is 71.2 Å². The number of nitro groups is 1. The molecule has 1 saturated heterocycles. The molecule has 25 nitrogen and oxygen atoms in total. The number of allylic oxidation sites excluding steroid dienone is 1. The number of nitrogens with two attached hydrogens (primary N) is 2. The van der Waals surface area contributed by atoms with Crippen LogP contribution in [0.1, 0.15) is 209 Å². The van der Waals surface area contributed by atoms with Crippen molar-refractivity contribution in [3.8, 4) is 34.5 Å². The van der Waals surface area contributed by atoms with Crippen LogP contribution >= 0.6 is 91.3 Å². The summed E-state index contributed by atoms with van der Waals surface area (Å²) in [5, 5.41) is 29.2. The van der Waals surface area contributed by atoms with Crippen LogP contribution in [0.15, 0.2) is 200 Å². The maximum Gasteiger partial charge on any atom is 1.00 e. The zero-order valence-corrected chi connectivity index (χ0v) is 90.0. The Balaban J connectivity index is 0.000000285. The van der Waals surface area contributed by atoms with E-state index in [1.165, 1.54) is 81.6 Å². The minimum atomic E-state index is -0.916. The number of carbonyl (C=O) groups excluding carboxylic acids is 5. The number of ketones is 2. The van der Waals surface area contributed by atoms with E-state index in [1.54, 1.807) is 66.7 Å². The van der Waals surface area contributed by atoms with E-state index in [0.717, 1.165) is 71.6 Å². The van der Waals surface area contributed by atoms with E-state index in [9.17, 15) is 57.2 Å². The maximum absolute atomic E-state index is 14.5. The first kappa shape index (κ1) is 119. The van der Waals surface area contributed by atoms with Crippen LogP contribution in [0.5, 0.6) is 34.5 Å². The van der Waals surface area contributed by atoms with Crippen molar-refractivity contribution in [2.24, 2.45) is 0 Å². The number of esters is 3. The van der Waals surface area contributed by atoms with Gasteiger partial charge in [0.05, 0.1) is 95.1 Å². The average Bonchev–Trinajstić information content (AvgIpc) is 1.60. The van der Waals surface area contributed by atoms with Crippen LogP contribution in [-0.4, -0.2) is 139 Å². The number of aromatic hydroxyl groups is 1. The van der Waals surface area contributed by atoms with Gasteiger partial charge in [-0.25, -0.2) is 37.3 Å². The third-order valence-corrected chi connectivity index (χ3v) is 26.7. The van der Waals surface area contributed by atoms with Crippen LogP contribution in [0, 0.1) is 48.3 Å². The molecule has 0 atom stereocenters. The van der Waals surface area contributed by atoms with Crippen molar-refractivity contribution in [1.82, 2.24) is 4.98 Å². The van der Waals surface area contributed by atoms with E-state index in [0.29, 0.717) is 108 Å². The summed E-state index contributed by atoms with van der Waals surface area (Å²) in [5.41, 5.74) is 23.5. The van der Waals surface area contributed by atoms with Crippen LogP contribution in [-0.2, 0) is 58.0 Å². The molecule has 9 aromatic carbocycles. The van der Waals surface area contributed by atoms with Gasteiger partial charge in [-0.1, -0.05) is 170 Å². The average molecular weight is 2250 g/mol. The second-order valence-electron chi connectivity index (χ2n) is 36.1. The van der Waals surface area contributed by atoms with Gasteiger partial charge in [-0.15, -0.1) is 0 Å². The summed E-state index contributed by atoms with van der Waals surface area (Å²) < 4.78 is 97.2. The van der Waals surface area contributed by atoms with E-state index in [1.807, 2.05) is 98.7 Å². The van der Waals surface area contributed by atoms with Gasteiger partial charge in [0.1, 0.15) is 63.6 Å². The third kappa shape index (κ3) is 32.3. The number of pyridine rings is 1. The number of nitrogens with zero attached hydrogens (tertiary/aromatic N) is 2. The van der Waals surface area contributed by atoms with E-state index < -0.39 is 41.0 Å². The number of aromatic carboxylic acids is 1.